The summed E-state index contributed by atoms with van der Waals surface area (Å²) in [4.78, 5) is 31.7. The normalized spacial score (nSPS) is 13.9. The van der Waals surface area contributed by atoms with Crippen LogP contribution in [0.5, 0.6) is 5.75 Å². The summed E-state index contributed by atoms with van der Waals surface area (Å²) in [5.74, 6) is -1.68. The Morgan fingerprint density at radius 3 is 2.53 bits per heavy atom. The molecule has 0 bridgehead atoms. The highest BCUT2D eigenvalue weighted by molar-refractivity contribution is 14.1. The Morgan fingerprint density at radius 2 is 1.91 bits per heavy atom. The molecular formula is C22H25F3IN3O5. The number of hydrogen-bond donors (Lipinski definition) is 1. The highest BCUT2D eigenvalue weighted by atomic mass is 127. The van der Waals surface area contributed by atoms with E-state index in [9.17, 15) is 22.8 Å². The highest BCUT2D eigenvalue weighted by Crippen LogP contribution is 2.32. The molecule has 0 unspecified atom stereocenters. The fraction of sp³-hybridized carbons (Fsp3) is 0.455. The smallest absolute Gasteiger partial charge is 0.387 e. The number of pyridine rings is 1. The van der Waals surface area contributed by atoms with Crippen molar-refractivity contribution in [1.82, 2.24) is 9.63 Å². The number of fused-ring (bicyclic) bond motifs is 1. The number of anilines is 2. The summed E-state index contributed by atoms with van der Waals surface area (Å²) in [6.45, 7) is 3.26. The van der Waals surface area contributed by atoms with Crippen molar-refractivity contribution in [3.63, 3.8) is 0 Å². The first-order chi connectivity index (χ1) is 15.9. The number of carbonyl (C=O) groups is 1. The summed E-state index contributed by atoms with van der Waals surface area (Å²) < 4.78 is 50.8. The summed E-state index contributed by atoms with van der Waals surface area (Å²) >= 11 is 1.89. The molecule has 0 radical (unpaired) electrons. The van der Waals surface area contributed by atoms with Gasteiger partial charge in [-0.3, -0.25) is 19.0 Å². The first-order valence-electron chi connectivity index (χ1n) is 10.4. The van der Waals surface area contributed by atoms with Crippen LogP contribution in [-0.4, -0.2) is 47.5 Å². The number of hydroxylamine groups is 2. The maximum Gasteiger partial charge on any atom is 0.387 e. The molecule has 1 aromatic carbocycles. The maximum atomic E-state index is 14.6. The first-order valence-corrected chi connectivity index (χ1v) is 11.5. The Kier molecular flexibility index (Phi) is 8.14. The first kappa shape index (κ1) is 26.3. The van der Waals surface area contributed by atoms with Gasteiger partial charge in [0, 0.05) is 13.1 Å². The molecule has 34 heavy (non-hydrogen) atoms. The average Bonchev–Trinajstić information content (AvgIpc) is 2.74. The summed E-state index contributed by atoms with van der Waals surface area (Å²) in [6.07, 6.45) is 0.355. The van der Waals surface area contributed by atoms with Crippen LogP contribution in [0.3, 0.4) is 0 Å². The lowest BCUT2D eigenvalue weighted by molar-refractivity contribution is -0.148. The third kappa shape index (κ3) is 6.02. The van der Waals surface area contributed by atoms with Crippen molar-refractivity contribution in [2.75, 3.05) is 25.1 Å². The Balaban J connectivity index is 1.91. The van der Waals surface area contributed by atoms with Gasteiger partial charge < -0.3 is 14.8 Å². The minimum atomic E-state index is -3.10. The molecule has 0 saturated heterocycles. The molecule has 1 aliphatic rings. The predicted molar refractivity (Wildman–Crippen MR) is 127 cm³/mol. The second-order valence-corrected chi connectivity index (χ2v) is 9.56. The van der Waals surface area contributed by atoms with Crippen LogP contribution < -0.4 is 15.6 Å². The number of rotatable bonds is 8. The zero-order valence-electron chi connectivity index (χ0n) is 19.1. The summed E-state index contributed by atoms with van der Waals surface area (Å²) in [5.41, 5.74) is -0.139. The van der Waals surface area contributed by atoms with E-state index in [1.165, 1.54) is 22.7 Å². The fourth-order valence-corrected chi connectivity index (χ4v) is 4.27. The number of nitrogens with zero attached hydrogens (tertiary/aromatic N) is 2. The molecule has 8 nitrogen and oxygen atoms in total. The lowest BCUT2D eigenvalue weighted by Crippen LogP contribution is -2.42. The Morgan fingerprint density at radius 1 is 1.21 bits per heavy atom. The zero-order chi connectivity index (χ0) is 25.2. The van der Waals surface area contributed by atoms with Crippen molar-refractivity contribution < 1.29 is 32.3 Å². The molecule has 186 valence electrons. The number of halogens is 4. The predicted octanol–water partition coefficient (Wildman–Crippen LogP) is 4.22. The van der Waals surface area contributed by atoms with E-state index in [1.54, 1.807) is 0 Å². The number of nitrogens with one attached hydrogen (secondary N) is 1. The molecule has 3 rings (SSSR count). The van der Waals surface area contributed by atoms with Crippen LogP contribution >= 0.6 is 22.6 Å². The monoisotopic (exact) mass is 595 g/mol. The SMILES string of the molecule is Cn1c(Nc2ccc(OC(F)F)cc2F)c2c(c(I)c1=O)CCN(OCCOC(C)(C)C)C2=O. The standard InChI is InChI=1S/C22H25F3IN3O5/c1-22(2,3)32-9-10-33-29-8-7-13-16(19(29)30)18(28(4)20(31)17(13)26)27-15-6-5-12(11-14(15)23)34-21(24)25/h5-6,11,21,27H,7-10H2,1-4H3. The lowest BCUT2D eigenvalue weighted by atomic mass is 10.0. The fourth-order valence-electron chi connectivity index (χ4n) is 3.37. The van der Waals surface area contributed by atoms with Gasteiger partial charge in [0.05, 0.1) is 40.2 Å². The van der Waals surface area contributed by atoms with Gasteiger partial charge in [-0.15, -0.1) is 0 Å². The number of hydrogen-bond acceptors (Lipinski definition) is 6. The van der Waals surface area contributed by atoms with Crippen molar-refractivity contribution >= 4 is 40.0 Å². The second-order valence-electron chi connectivity index (χ2n) is 8.48. The lowest BCUT2D eigenvalue weighted by Gasteiger charge is -2.31. The largest absolute Gasteiger partial charge is 0.435 e. The van der Waals surface area contributed by atoms with E-state index in [-0.39, 0.29) is 53.7 Å². The van der Waals surface area contributed by atoms with Gasteiger partial charge in [-0.2, -0.15) is 8.78 Å². The van der Waals surface area contributed by atoms with Crippen LogP contribution in [0.1, 0.15) is 36.7 Å². The number of amides is 1. The molecular weight excluding hydrogens is 570 g/mol. The second kappa shape index (κ2) is 10.5. The summed E-state index contributed by atoms with van der Waals surface area (Å²) in [6, 6.07) is 3.13. The van der Waals surface area contributed by atoms with E-state index >= 15 is 0 Å². The quantitative estimate of drug-likeness (QED) is 0.364. The summed E-state index contributed by atoms with van der Waals surface area (Å²) in [7, 11) is 1.45. The number of carbonyl (C=O) groups excluding carboxylic acids is 1. The third-order valence-electron chi connectivity index (χ3n) is 4.92. The minimum Gasteiger partial charge on any atom is -0.435 e. The zero-order valence-corrected chi connectivity index (χ0v) is 21.2. The molecule has 0 aliphatic carbocycles. The van der Waals surface area contributed by atoms with Gasteiger partial charge in [0.2, 0.25) is 0 Å². The van der Waals surface area contributed by atoms with Crippen LogP contribution in [-0.2, 0) is 23.0 Å². The van der Waals surface area contributed by atoms with E-state index in [0.717, 1.165) is 12.1 Å². The van der Waals surface area contributed by atoms with Gasteiger partial charge in [-0.25, -0.2) is 9.45 Å². The Labute approximate surface area is 208 Å². The highest BCUT2D eigenvalue weighted by Gasteiger charge is 2.33. The Hall–Kier alpha value is -2.32. The van der Waals surface area contributed by atoms with Crippen molar-refractivity contribution in [3.8, 4) is 5.75 Å². The van der Waals surface area contributed by atoms with Crippen molar-refractivity contribution in [2.45, 2.75) is 39.4 Å². The topological polar surface area (TPSA) is 82.0 Å². The number of benzene rings is 1. The van der Waals surface area contributed by atoms with Gasteiger partial charge in [-0.1, -0.05) is 0 Å². The van der Waals surface area contributed by atoms with E-state index < -0.39 is 18.3 Å². The number of aromatic nitrogens is 1. The van der Waals surface area contributed by atoms with Crippen LogP contribution in [0.2, 0.25) is 0 Å². The molecule has 0 saturated carbocycles. The van der Waals surface area contributed by atoms with Crippen LogP contribution in [0, 0.1) is 9.39 Å². The molecule has 2 aromatic rings. The molecule has 1 aliphatic heterocycles. The van der Waals surface area contributed by atoms with Gasteiger partial charge in [0.1, 0.15) is 17.4 Å². The van der Waals surface area contributed by atoms with Crippen molar-refractivity contribution in [1.29, 1.82) is 0 Å². The molecule has 1 aromatic heterocycles. The van der Waals surface area contributed by atoms with Gasteiger partial charge in [0.25, 0.3) is 11.5 Å². The molecule has 0 fully saturated rings. The number of ether oxygens (including phenoxy) is 2. The molecule has 12 heteroatoms. The minimum absolute atomic E-state index is 0.0612. The van der Waals surface area contributed by atoms with E-state index in [0.29, 0.717) is 15.6 Å². The molecule has 0 atom stereocenters. The van der Waals surface area contributed by atoms with E-state index in [4.69, 9.17) is 9.57 Å². The molecule has 0 spiro atoms. The van der Waals surface area contributed by atoms with E-state index in [1.807, 2.05) is 43.4 Å². The van der Waals surface area contributed by atoms with Crippen LogP contribution in [0.25, 0.3) is 0 Å². The van der Waals surface area contributed by atoms with Crippen LogP contribution in [0.15, 0.2) is 23.0 Å². The van der Waals surface area contributed by atoms with Gasteiger partial charge >= 0.3 is 6.61 Å². The molecule has 1 amide bonds. The molecule has 1 N–H and O–H groups in total. The van der Waals surface area contributed by atoms with Crippen molar-refractivity contribution in [2.24, 2.45) is 7.05 Å². The van der Waals surface area contributed by atoms with Gasteiger partial charge in [-0.05, 0) is 67.5 Å². The Bertz CT molecular complexity index is 1130. The maximum absolute atomic E-state index is 14.6. The van der Waals surface area contributed by atoms with E-state index in [2.05, 4.69) is 10.1 Å². The van der Waals surface area contributed by atoms with Crippen LogP contribution in [0.4, 0.5) is 24.7 Å². The summed E-state index contributed by atoms with van der Waals surface area (Å²) in [5, 5.41) is 3.96. The third-order valence-corrected chi connectivity index (χ3v) is 6.03. The van der Waals surface area contributed by atoms with Gasteiger partial charge in [0.15, 0.2) is 0 Å². The average molecular weight is 595 g/mol. The van der Waals surface area contributed by atoms with Crippen molar-refractivity contribution in [3.05, 3.63) is 49.1 Å². The number of alkyl halides is 2. The molecule has 2 heterocycles.